The third-order valence-electron chi connectivity index (χ3n) is 4.32. The van der Waals surface area contributed by atoms with E-state index >= 15 is 0 Å². The first-order valence-corrected chi connectivity index (χ1v) is 6.74. The number of hydrogen-bond donors (Lipinski definition) is 0. The van der Waals surface area contributed by atoms with Crippen LogP contribution in [0, 0.1) is 0 Å². The molecule has 3 rings (SSSR count). The van der Waals surface area contributed by atoms with Crippen LogP contribution in [-0.4, -0.2) is 24.0 Å². The maximum atomic E-state index is 2.74. The molecule has 1 unspecified atom stereocenters. The maximum Gasteiger partial charge on any atom is 0.0164 e. The van der Waals surface area contributed by atoms with E-state index in [0.29, 0.717) is 0 Å². The summed E-state index contributed by atoms with van der Waals surface area (Å²) in [5, 5.41) is 0. The molecule has 2 fully saturated rings. The molecule has 0 saturated carbocycles. The Kier molecular flexibility index (Phi) is 2.96. The summed E-state index contributed by atoms with van der Waals surface area (Å²) in [6.07, 6.45) is 7.04. The fourth-order valence-electron chi connectivity index (χ4n) is 3.55. The zero-order valence-electron chi connectivity index (χ0n) is 9.94. The Morgan fingerprint density at radius 3 is 2.56 bits per heavy atom. The Morgan fingerprint density at radius 2 is 1.69 bits per heavy atom. The smallest absolute Gasteiger partial charge is 0.0164 e. The van der Waals surface area contributed by atoms with Crippen LogP contribution in [0.1, 0.15) is 43.6 Å². The number of rotatable bonds is 1. The van der Waals surface area contributed by atoms with Crippen molar-refractivity contribution < 1.29 is 0 Å². The largest absolute Gasteiger partial charge is 0.300 e. The van der Waals surface area contributed by atoms with Crippen LogP contribution in [0.15, 0.2) is 30.3 Å². The molecule has 2 saturated heterocycles. The molecule has 0 aromatic heterocycles. The van der Waals surface area contributed by atoms with Crippen molar-refractivity contribution >= 4 is 0 Å². The number of piperidine rings is 2. The molecular formula is C15H21N. The first-order valence-electron chi connectivity index (χ1n) is 6.74. The van der Waals surface area contributed by atoms with Crippen molar-refractivity contribution in [2.24, 2.45) is 0 Å². The van der Waals surface area contributed by atoms with Crippen molar-refractivity contribution in [1.29, 1.82) is 0 Å². The van der Waals surface area contributed by atoms with Crippen LogP contribution in [0.25, 0.3) is 0 Å². The van der Waals surface area contributed by atoms with Gasteiger partial charge in [-0.15, -0.1) is 0 Å². The highest BCUT2D eigenvalue weighted by Crippen LogP contribution is 2.37. The molecule has 0 radical (unpaired) electrons. The van der Waals surface area contributed by atoms with E-state index in [9.17, 15) is 0 Å². The molecular weight excluding hydrogens is 194 g/mol. The molecule has 86 valence electrons. The fourth-order valence-corrected chi connectivity index (χ4v) is 3.55. The van der Waals surface area contributed by atoms with E-state index in [-0.39, 0.29) is 0 Å². The normalized spacial score (nSPS) is 31.0. The Morgan fingerprint density at radius 1 is 0.875 bits per heavy atom. The zero-order chi connectivity index (χ0) is 10.8. The molecule has 0 spiro atoms. The quantitative estimate of drug-likeness (QED) is 0.694. The van der Waals surface area contributed by atoms with Crippen LogP contribution < -0.4 is 0 Å². The van der Waals surface area contributed by atoms with Crippen molar-refractivity contribution in [1.82, 2.24) is 4.90 Å². The SMILES string of the molecule is c1ccc([C@H]2CCCN3CCCCC23)cc1. The minimum atomic E-state index is 0.801. The standard InChI is InChI=1S/C15H21N/c1-2-7-13(8-3-1)14-9-6-12-16-11-5-4-10-15(14)16/h1-3,7-8,14-15H,4-6,9-12H2/t14-,15?/m1/s1. The molecule has 2 aliphatic rings. The van der Waals surface area contributed by atoms with E-state index < -0.39 is 0 Å². The minimum Gasteiger partial charge on any atom is -0.300 e. The van der Waals surface area contributed by atoms with Crippen molar-refractivity contribution in [2.75, 3.05) is 13.1 Å². The van der Waals surface area contributed by atoms with Gasteiger partial charge in [0.25, 0.3) is 0 Å². The molecule has 2 aliphatic heterocycles. The Balaban J connectivity index is 1.83. The van der Waals surface area contributed by atoms with E-state index in [1.54, 1.807) is 5.56 Å². The minimum absolute atomic E-state index is 0.801. The lowest BCUT2D eigenvalue weighted by molar-refractivity contribution is 0.0894. The second kappa shape index (κ2) is 4.58. The van der Waals surface area contributed by atoms with Crippen LogP contribution in [0.2, 0.25) is 0 Å². The lowest BCUT2D eigenvalue weighted by Crippen LogP contribution is -2.46. The second-order valence-corrected chi connectivity index (χ2v) is 5.26. The molecule has 1 aromatic rings. The fraction of sp³-hybridized carbons (Fsp3) is 0.600. The number of fused-ring (bicyclic) bond motifs is 1. The molecule has 0 aliphatic carbocycles. The zero-order valence-corrected chi connectivity index (χ0v) is 9.94. The van der Waals surface area contributed by atoms with Gasteiger partial charge in [-0.2, -0.15) is 0 Å². The molecule has 0 amide bonds. The Hall–Kier alpha value is -0.820. The molecule has 0 bridgehead atoms. The van der Waals surface area contributed by atoms with Crippen LogP contribution in [-0.2, 0) is 0 Å². The summed E-state index contributed by atoms with van der Waals surface area (Å²) in [4.78, 5) is 2.74. The topological polar surface area (TPSA) is 3.24 Å². The average Bonchev–Trinajstić information content (AvgIpc) is 2.39. The first kappa shape index (κ1) is 10.3. The Labute approximate surface area is 98.5 Å². The summed E-state index contributed by atoms with van der Waals surface area (Å²) in [5.41, 5.74) is 1.57. The van der Waals surface area contributed by atoms with Gasteiger partial charge in [0.15, 0.2) is 0 Å². The number of nitrogens with zero attached hydrogens (tertiary/aromatic N) is 1. The van der Waals surface area contributed by atoms with Crippen LogP contribution >= 0.6 is 0 Å². The molecule has 1 aromatic carbocycles. The lowest BCUT2D eigenvalue weighted by Gasteiger charge is -2.44. The summed E-state index contributed by atoms with van der Waals surface area (Å²) in [5.74, 6) is 0.801. The van der Waals surface area contributed by atoms with Crippen molar-refractivity contribution in [3.05, 3.63) is 35.9 Å². The highest BCUT2D eigenvalue weighted by Gasteiger charge is 2.33. The van der Waals surface area contributed by atoms with Gasteiger partial charge in [-0.1, -0.05) is 36.8 Å². The number of benzene rings is 1. The van der Waals surface area contributed by atoms with Crippen molar-refractivity contribution in [3.8, 4) is 0 Å². The number of hydrogen-bond acceptors (Lipinski definition) is 1. The van der Waals surface area contributed by atoms with E-state index in [1.165, 1.54) is 45.2 Å². The van der Waals surface area contributed by atoms with Gasteiger partial charge in [0.05, 0.1) is 0 Å². The molecule has 16 heavy (non-hydrogen) atoms. The lowest BCUT2D eigenvalue weighted by atomic mass is 9.79. The average molecular weight is 215 g/mol. The van der Waals surface area contributed by atoms with Gasteiger partial charge < -0.3 is 0 Å². The highest BCUT2D eigenvalue weighted by atomic mass is 15.2. The van der Waals surface area contributed by atoms with Gasteiger partial charge >= 0.3 is 0 Å². The first-order chi connectivity index (χ1) is 7.95. The highest BCUT2D eigenvalue weighted by molar-refractivity contribution is 5.22. The van der Waals surface area contributed by atoms with E-state index in [4.69, 9.17) is 0 Å². The van der Waals surface area contributed by atoms with Gasteiger partial charge in [0.1, 0.15) is 0 Å². The Bertz CT molecular complexity index is 331. The second-order valence-electron chi connectivity index (χ2n) is 5.26. The molecule has 2 atom stereocenters. The van der Waals surface area contributed by atoms with Gasteiger partial charge in [-0.05, 0) is 50.3 Å². The summed E-state index contributed by atoms with van der Waals surface area (Å²) >= 11 is 0. The third-order valence-corrected chi connectivity index (χ3v) is 4.32. The predicted octanol–water partition coefficient (Wildman–Crippen LogP) is 3.42. The van der Waals surface area contributed by atoms with Gasteiger partial charge in [-0.25, -0.2) is 0 Å². The monoisotopic (exact) mass is 215 g/mol. The van der Waals surface area contributed by atoms with E-state index in [2.05, 4.69) is 35.2 Å². The van der Waals surface area contributed by atoms with Gasteiger partial charge in [0.2, 0.25) is 0 Å². The summed E-state index contributed by atoms with van der Waals surface area (Å²) < 4.78 is 0. The molecule has 0 N–H and O–H groups in total. The van der Waals surface area contributed by atoms with Gasteiger partial charge in [-0.3, -0.25) is 4.90 Å². The maximum absolute atomic E-state index is 2.74. The van der Waals surface area contributed by atoms with E-state index in [0.717, 1.165) is 12.0 Å². The van der Waals surface area contributed by atoms with E-state index in [1.807, 2.05) is 0 Å². The van der Waals surface area contributed by atoms with Gasteiger partial charge in [0, 0.05) is 6.04 Å². The van der Waals surface area contributed by atoms with Crippen molar-refractivity contribution in [2.45, 2.75) is 44.1 Å². The molecule has 1 heteroatoms. The van der Waals surface area contributed by atoms with Crippen LogP contribution in [0.4, 0.5) is 0 Å². The molecule has 2 heterocycles. The summed E-state index contributed by atoms with van der Waals surface area (Å²) in [7, 11) is 0. The third kappa shape index (κ3) is 1.89. The summed E-state index contributed by atoms with van der Waals surface area (Å²) in [6.45, 7) is 2.68. The van der Waals surface area contributed by atoms with Crippen LogP contribution in [0.5, 0.6) is 0 Å². The molecule has 1 nitrogen and oxygen atoms in total. The van der Waals surface area contributed by atoms with Crippen molar-refractivity contribution in [3.63, 3.8) is 0 Å². The summed E-state index contributed by atoms with van der Waals surface area (Å²) in [6, 6.07) is 12.0. The predicted molar refractivity (Wildman–Crippen MR) is 67.6 cm³/mol. The van der Waals surface area contributed by atoms with Crippen LogP contribution in [0.3, 0.4) is 0 Å².